The molecule has 166 valence electrons. The van der Waals surface area contributed by atoms with Crippen molar-refractivity contribution in [1.82, 2.24) is 0 Å². The molecule has 3 aromatic rings. The maximum absolute atomic E-state index is 12.9. The Morgan fingerprint density at radius 2 is 1.62 bits per heavy atom. The zero-order valence-electron chi connectivity index (χ0n) is 18.1. The summed E-state index contributed by atoms with van der Waals surface area (Å²) in [4.78, 5) is 24.7. The minimum atomic E-state index is -0.483. The largest absolute Gasteiger partial charge is 0.491 e. The van der Waals surface area contributed by atoms with Crippen LogP contribution in [0.25, 0.3) is 0 Å². The smallest absolute Gasteiger partial charge is 0.337 e. The Morgan fingerprint density at radius 1 is 0.906 bits per heavy atom. The molecular formula is C25H26N2O5. The first-order chi connectivity index (χ1) is 15.5. The van der Waals surface area contributed by atoms with Gasteiger partial charge in [0, 0.05) is 5.56 Å². The number of rotatable bonds is 9. The number of esters is 1. The van der Waals surface area contributed by atoms with Crippen LogP contribution in [0.1, 0.15) is 39.6 Å². The molecule has 7 heteroatoms. The van der Waals surface area contributed by atoms with Gasteiger partial charge in [-0.05, 0) is 48.4 Å². The summed E-state index contributed by atoms with van der Waals surface area (Å²) in [6.45, 7) is 2.74. The van der Waals surface area contributed by atoms with Gasteiger partial charge in [-0.2, -0.15) is 0 Å². The maximum Gasteiger partial charge on any atom is 0.337 e. The highest BCUT2D eigenvalue weighted by Crippen LogP contribution is 2.29. The van der Waals surface area contributed by atoms with E-state index >= 15 is 0 Å². The molecule has 0 unspecified atom stereocenters. The molecule has 0 bridgehead atoms. The fourth-order valence-corrected chi connectivity index (χ4v) is 2.93. The number of anilines is 2. The van der Waals surface area contributed by atoms with Gasteiger partial charge in [0.05, 0.1) is 30.7 Å². The third-order valence-electron chi connectivity index (χ3n) is 4.63. The van der Waals surface area contributed by atoms with Crippen LogP contribution in [0.5, 0.6) is 11.5 Å². The third kappa shape index (κ3) is 5.78. The number of nitrogens with one attached hydrogen (secondary N) is 1. The Bertz CT molecular complexity index is 1080. The molecule has 32 heavy (non-hydrogen) atoms. The predicted molar refractivity (Wildman–Crippen MR) is 123 cm³/mol. The molecular weight excluding hydrogens is 408 g/mol. The SMILES string of the molecule is CCCOc1cc(C(=O)OC)ccc1NC(=O)c1ccc(N)c(OCc2ccccc2)c1. The highest BCUT2D eigenvalue weighted by atomic mass is 16.5. The van der Waals surface area contributed by atoms with E-state index in [0.717, 1.165) is 12.0 Å². The van der Waals surface area contributed by atoms with Crippen LogP contribution in [0.3, 0.4) is 0 Å². The van der Waals surface area contributed by atoms with Gasteiger partial charge in [0.25, 0.3) is 5.91 Å². The van der Waals surface area contributed by atoms with Crippen molar-refractivity contribution < 1.29 is 23.8 Å². The number of hydrogen-bond donors (Lipinski definition) is 2. The molecule has 0 aliphatic heterocycles. The molecule has 0 saturated carbocycles. The summed E-state index contributed by atoms with van der Waals surface area (Å²) in [6.07, 6.45) is 0.774. The van der Waals surface area contributed by atoms with Gasteiger partial charge in [-0.25, -0.2) is 4.79 Å². The number of ether oxygens (including phenoxy) is 3. The lowest BCUT2D eigenvalue weighted by atomic mass is 10.1. The normalized spacial score (nSPS) is 10.3. The standard InChI is InChI=1S/C25H26N2O5/c1-3-13-31-23-15-19(25(29)30-2)10-12-21(23)27-24(28)18-9-11-20(26)22(14-18)32-16-17-7-5-4-6-8-17/h4-12,14-15H,3,13,16,26H2,1-2H3,(H,27,28). The van der Waals surface area contributed by atoms with E-state index in [2.05, 4.69) is 5.32 Å². The zero-order chi connectivity index (χ0) is 22.9. The quantitative estimate of drug-likeness (QED) is 0.375. The number of carbonyl (C=O) groups excluding carboxylic acids is 2. The molecule has 3 N–H and O–H groups in total. The van der Waals surface area contributed by atoms with Crippen LogP contribution in [-0.4, -0.2) is 25.6 Å². The molecule has 7 nitrogen and oxygen atoms in total. The van der Waals surface area contributed by atoms with E-state index in [1.165, 1.54) is 7.11 Å². The summed E-state index contributed by atoms with van der Waals surface area (Å²) in [5.74, 6) is -0.0335. The third-order valence-corrected chi connectivity index (χ3v) is 4.63. The number of benzene rings is 3. The van der Waals surface area contributed by atoms with Gasteiger partial charge in [0.2, 0.25) is 0 Å². The minimum Gasteiger partial charge on any atom is -0.491 e. The van der Waals surface area contributed by atoms with Crippen molar-refractivity contribution >= 4 is 23.3 Å². The Balaban J connectivity index is 1.78. The van der Waals surface area contributed by atoms with E-state index in [4.69, 9.17) is 19.9 Å². The molecule has 0 heterocycles. The first-order valence-electron chi connectivity index (χ1n) is 10.2. The minimum absolute atomic E-state index is 0.333. The van der Waals surface area contributed by atoms with Crippen molar-refractivity contribution in [2.45, 2.75) is 20.0 Å². The number of amides is 1. The monoisotopic (exact) mass is 434 g/mol. The Hall–Kier alpha value is -4.00. The van der Waals surface area contributed by atoms with Crippen molar-refractivity contribution in [3.05, 3.63) is 83.4 Å². The average molecular weight is 434 g/mol. The van der Waals surface area contributed by atoms with Gasteiger partial charge in [0.15, 0.2) is 0 Å². The predicted octanol–water partition coefficient (Wildman–Crippen LogP) is 4.68. The van der Waals surface area contributed by atoms with E-state index in [1.807, 2.05) is 37.3 Å². The second-order valence-corrected chi connectivity index (χ2v) is 7.03. The molecule has 0 aliphatic carbocycles. The summed E-state index contributed by atoms with van der Waals surface area (Å²) in [7, 11) is 1.31. The summed E-state index contributed by atoms with van der Waals surface area (Å²) in [6, 6.07) is 19.3. The van der Waals surface area contributed by atoms with Crippen LogP contribution in [-0.2, 0) is 11.3 Å². The Morgan fingerprint density at radius 3 is 2.34 bits per heavy atom. The molecule has 0 atom stereocenters. The van der Waals surface area contributed by atoms with Crippen LogP contribution in [0.4, 0.5) is 11.4 Å². The van der Waals surface area contributed by atoms with Gasteiger partial charge in [-0.3, -0.25) is 4.79 Å². The molecule has 0 saturated heterocycles. The Kier molecular flexibility index (Phi) is 7.70. The lowest BCUT2D eigenvalue weighted by Gasteiger charge is -2.14. The number of nitrogens with two attached hydrogens (primary N) is 1. The van der Waals surface area contributed by atoms with Crippen molar-refractivity contribution in [2.75, 3.05) is 24.8 Å². The molecule has 0 aliphatic rings. The van der Waals surface area contributed by atoms with Gasteiger partial charge in [0.1, 0.15) is 18.1 Å². The molecule has 3 rings (SSSR count). The highest BCUT2D eigenvalue weighted by molar-refractivity contribution is 6.06. The van der Waals surface area contributed by atoms with E-state index in [-0.39, 0.29) is 5.91 Å². The summed E-state index contributed by atoms with van der Waals surface area (Å²) < 4.78 is 16.3. The fourth-order valence-electron chi connectivity index (χ4n) is 2.93. The van der Waals surface area contributed by atoms with Gasteiger partial charge in [-0.1, -0.05) is 37.3 Å². The van der Waals surface area contributed by atoms with E-state index < -0.39 is 5.97 Å². The molecule has 0 fully saturated rings. The number of carbonyl (C=O) groups is 2. The van der Waals surface area contributed by atoms with Gasteiger partial charge >= 0.3 is 5.97 Å². The second kappa shape index (κ2) is 10.9. The number of methoxy groups -OCH3 is 1. The van der Waals surface area contributed by atoms with Crippen LogP contribution in [0.15, 0.2) is 66.7 Å². The van der Waals surface area contributed by atoms with E-state index in [0.29, 0.717) is 47.2 Å². The van der Waals surface area contributed by atoms with Crippen LogP contribution < -0.4 is 20.5 Å². The summed E-state index contributed by atoms with van der Waals surface area (Å²) >= 11 is 0. The van der Waals surface area contributed by atoms with E-state index in [1.54, 1.807) is 36.4 Å². The van der Waals surface area contributed by atoms with Crippen LogP contribution >= 0.6 is 0 Å². The van der Waals surface area contributed by atoms with Crippen LogP contribution in [0.2, 0.25) is 0 Å². The molecule has 0 aromatic heterocycles. The van der Waals surface area contributed by atoms with Crippen LogP contribution in [0, 0.1) is 0 Å². The molecule has 0 radical (unpaired) electrons. The van der Waals surface area contributed by atoms with Crippen molar-refractivity contribution in [2.24, 2.45) is 0 Å². The maximum atomic E-state index is 12.9. The zero-order valence-corrected chi connectivity index (χ0v) is 18.1. The summed E-state index contributed by atoms with van der Waals surface area (Å²) in [5.41, 5.74) is 8.60. The van der Waals surface area contributed by atoms with Crippen molar-refractivity contribution in [3.63, 3.8) is 0 Å². The highest BCUT2D eigenvalue weighted by Gasteiger charge is 2.15. The number of hydrogen-bond acceptors (Lipinski definition) is 6. The Labute approximate surface area is 187 Å². The average Bonchev–Trinajstić information content (AvgIpc) is 2.82. The lowest BCUT2D eigenvalue weighted by molar-refractivity contribution is 0.0600. The summed E-state index contributed by atoms with van der Waals surface area (Å²) in [5, 5.41) is 2.83. The topological polar surface area (TPSA) is 99.9 Å². The van der Waals surface area contributed by atoms with Gasteiger partial charge < -0.3 is 25.3 Å². The molecule has 0 spiro atoms. The second-order valence-electron chi connectivity index (χ2n) is 7.03. The van der Waals surface area contributed by atoms with E-state index in [9.17, 15) is 9.59 Å². The van der Waals surface area contributed by atoms with Gasteiger partial charge in [-0.15, -0.1) is 0 Å². The molecule has 3 aromatic carbocycles. The first kappa shape index (κ1) is 22.7. The van der Waals surface area contributed by atoms with Crippen molar-refractivity contribution in [1.29, 1.82) is 0 Å². The number of nitrogen functional groups attached to an aromatic ring is 1. The fraction of sp³-hybridized carbons (Fsp3) is 0.200. The lowest BCUT2D eigenvalue weighted by Crippen LogP contribution is -2.14. The van der Waals surface area contributed by atoms with Crippen molar-refractivity contribution in [3.8, 4) is 11.5 Å². The first-order valence-corrected chi connectivity index (χ1v) is 10.2. The molecule has 1 amide bonds.